The Kier molecular flexibility index (Phi) is 8.14. The van der Waals surface area contributed by atoms with E-state index in [9.17, 15) is 8.42 Å². The van der Waals surface area contributed by atoms with E-state index in [1.807, 2.05) is 0 Å². The summed E-state index contributed by atoms with van der Waals surface area (Å²) in [6.45, 7) is 2.23. The Labute approximate surface area is 125 Å². The summed E-state index contributed by atoms with van der Waals surface area (Å²) in [5.74, 6) is 0.590. The molecule has 0 bridgehead atoms. The predicted molar refractivity (Wildman–Crippen MR) is 80.4 cm³/mol. The highest BCUT2D eigenvalue weighted by Crippen LogP contribution is 2.12. The fourth-order valence-corrected chi connectivity index (χ4v) is 2.68. The highest BCUT2D eigenvalue weighted by Gasteiger charge is 2.16. The van der Waals surface area contributed by atoms with E-state index in [-0.39, 0.29) is 5.16 Å². The number of hydrogen-bond donors (Lipinski definition) is 1. The van der Waals surface area contributed by atoms with Crippen LogP contribution >= 0.6 is 10.7 Å². The minimum Gasteiger partial charge on any atom is -0.262 e. The Morgan fingerprint density at radius 3 is 2.05 bits per heavy atom. The molecule has 1 heterocycles. The summed E-state index contributed by atoms with van der Waals surface area (Å²) in [7, 11) is 1.34. The summed E-state index contributed by atoms with van der Waals surface area (Å²) in [6.07, 6.45) is 12.0. The molecule has 0 aromatic carbocycles. The summed E-state index contributed by atoms with van der Waals surface area (Å²) in [5, 5.41) is 5.87. The van der Waals surface area contributed by atoms with E-state index < -0.39 is 9.05 Å². The molecule has 1 aromatic rings. The molecule has 1 N–H and O–H groups in total. The van der Waals surface area contributed by atoms with E-state index in [0.29, 0.717) is 5.82 Å². The third-order valence-electron chi connectivity index (χ3n) is 3.25. The monoisotopic (exact) mass is 321 g/mol. The van der Waals surface area contributed by atoms with Gasteiger partial charge in [-0.1, -0.05) is 58.3 Å². The van der Waals surface area contributed by atoms with Crippen molar-refractivity contribution < 1.29 is 8.42 Å². The molecule has 0 aliphatic heterocycles. The van der Waals surface area contributed by atoms with Gasteiger partial charge in [-0.25, -0.2) is 13.4 Å². The maximum atomic E-state index is 11.0. The van der Waals surface area contributed by atoms with Crippen LogP contribution in [0.15, 0.2) is 5.16 Å². The van der Waals surface area contributed by atoms with Crippen molar-refractivity contribution in [1.82, 2.24) is 15.2 Å². The van der Waals surface area contributed by atoms with Crippen molar-refractivity contribution in [1.29, 1.82) is 0 Å². The smallest absolute Gasteiger partial charge is 0.262 e. The predicted octanol–water partition coefficient (Wildman–Crippen LogP) is 3.81. The molecule has 0 aliphatic rings. The lowest BCUT2D eigenvalue weighted by Gasteiger charge is -2.00. The Morgan fingerprint density at radius 2 is 1.55 bits per heavy atom. The van der Waals surface area contributed by atoms with Gasteiger partial charge in [-0.15, -0.1) is 5.10 Å². The van der Waals surface area contributed by atoms with Crippen molar-refractivity contribution >= 4 is 19.7 Å². The van der Waals surface area contributed by atoms with Crippen LogP contribution in [0, 0.1) is 0 Å². The SMILES string of the molecule is CCCCCCCCCCCc1nc(S(=O)(=O)Cl)n[nH]1. The molecule has 116 valence electrons. The molecule has 0 fully saturated rings. The zero-order valence-corrected chi connectivity index (χ0v) is 13.6. The number of unbranched alkanes of at least 4 members (excludes halogenated alkanes) is 8. The van der Waals surface area contributed by atoms with Gasteiger partial charge in [0, 0.05) is 17.1 Å². The van der Waals surface area contributed by atoms with Crippen LogP contribution in [0.4, 0.5) is 0 Å². The molecule has 7 heteroatoms. The summed E-state index contributed by atoms with van der Waals surface area (Å²) >= 11 is 0. The lowest BCUT2D eigenvalue weighted by molar-refractivity contribution is 0.562. The average molecular weight is 322 g/mol. The minimum atomic E-state index is -3.81. The molecule has 0 unspecified atom stereocenters. The molecule has 0 radical (unpaired) electrons. The van der Waals surface area contributed by atoms with Crippen molar-refractivity contribution in [2.45, 2.75) is 76.3 Å². The van der Waals surface area contributed by atoms with Gasteiger partial charge in [-0.2, -0.15) is 0 Å². The fourth-order valence-electron chi connectivity index (χ4n) is 2.10. The van der Waals surface area contributed by atoms with Crippen LogP contribution in [-0.2, 0) is 15.5 Å². The van der Waals surface area contributed by atoms with E-state index in [1.165, 1.54) is 44.9 Å². The second kappa shape index (κ2) is 9.34. The third-order valence-corrected chi connectivity index (χ3v) is 4.28. The normalized spacial score (nSPS) is 11.9. The van der Waals surface area contributed by atoms with Gasteiger partial charge in [0.25, 0.3) is 14.2 Å². The lowest BCUT2D eigenvalue weighted by Crippen LogP contribution is -1.94. The molecule has 1 aromatic heterocycles. The van der Waals surface area contributed by atoms with Gasteiger partial charge in [-0.05, 0) is 6.42 Å². The van der Waals surface area contributed by atoms with Crippen LogP contribution in [-0.4, -0.2) is 23.6 Å². The molecule has 1 rings (SSSR count). The molecule has 0 atom stereocenters. The third kappa shape index (κ3) is 7.24. The Balaban J connectivity index is 2.06. The van der Waals surface area contributed by atoms with Crippen LogP contribution in [0.25, 0.3) is 0 Å². The summed E-state index contributed by atoms with van der Waals surface area (Å²) in [6, 6.07) is 0. The molecule has 0 amide bonds. The van der Waals surface area contributed by atoms with Crippen molar-refractivity contribution in [3.05, 3.63) is 5.82 Å². The summed E-state index contributed by atoms with van der Waals surface area (Å²) < 4.78 is 22.0. The van der Waals surface area contributed by atoms with Crippen molar-refractivity contribution in [3.63, 3.8) is 0 Å². The van der Waals surface area contributed by atoms with Crippen LogP contribution < -0.4 is 0 Å². The first-order chi connectivity index (χ1) is 9.54. The first-order valence-electron chi connectivity index (χ1n) is 7.40. The van der Waals surface area contributed by atoms with E-state index in [4.69, 9.17) is 10.7 Å². The number of hydrogen-bond acceptors (Lipinski definition) is 4. The highest BCUT2D eigenvalue weighted by molar-refractivity contribution is 8.13. The van der Waals surface area contributed by atoms with Crippen molar-refractivity contribution in [2.75, 3.05) is 0 Å². The van der Waals surface area contributed by atoms with E-state index >= 15 is 0 Å². The van der Waals surface area contributed by atoms with Gasteiger partial charge >= 0.3 is 0 Å². The highest BCUT2D eigenvalue weighted by atomic mass is 35.7. The number of aryl methyl sites for hydroxylation is 1. The van der Waals surface area contributed by atoms with Crippen LogP contribution in [0.1, 0.15) is 70.5 Å². The minimum absolute atomic E-state index is 0.329. The van der Waals surface area contributed by atoms with Gasteiger partial charge in [0.15, 0.2) is 0 Å². The van der Waals surface area contributed by atoms with Gasteiger partial charge in [0.2, 0.25) is 0 Å². The maximum Gasteiger partial charge on any atom is 0.298 e. The summed E-state index contributed by atoms with van der Waals surface area (Å²) in [4.78, 5) is 3.86. The molecule has 5 nitrogen and oxygen atoms in total. The molecule has 0 aliphatic carbocycles. The van der Waals surface area contributed by atoms with Gasteiger partial charge < -0.3 is 0 Å². The molecule has 0 saturated heterocycles. The molecule has 0 spiro atoms. The quantitative estimate of drug-likeness (QED) is 0.496. The Morgan fingerprint density at radius 1 is 1.00 bits per heavy atom. The zero-order chi connectivity index (χ0) is 14.8. The largest absolute Gasteiger partial charge is 0.298 e. The Bertz CT molecular complexity index is 474. The first kappa shape index (κ1) is 17.4. The van der Waals surface area contributed by atoms with Crippen molar-refractivity contribution in [2.24, 2.45) is 0 Å². The first-order valence-corrected chi connectivity index (χ1v) is 9.71. The number of aromatic nitrogens is 3. The average Bonchev–Trinajstić information content (AvgIpc) is 2.85. The topological polar surface area (TPSA) is 75.7 Å². The van der Waals surface area contributed by atoms with E-state index in [1.54, 1.807) is 0 Å². The molecular weight excluding hydrogens is 298 g/mol. The van der Waals surface area contributed by atoms with E-state index in [0.717, 1.165) is 19.3 Å². The number of nitrogens with one attached hydrogen (secondary N) is 1. The standard InChI is InChI=1S/C13H24ClN3O2S/c1-2-3-4-5-6-7-8-9-10-11-12-15-13(17-16-12)20(14,18)19/h2-11H2,1H3,(H,15,16,17). The number of rotatable bonds is 11. The zero-order valence-electron chi connectivity index (χ0n) is 12.1. The molecule has 0 saturated carbocycles. The molecular formula is C13H24ClN3O2S. The fraction of sp³-hybridized carbons (Fsp3) is 0.846. The van der Waals surface area contributed by atoms with Crippen molar-refractivity contribution in [3.8, 4) is 0 Å². The second-order valence-electron chi connectivity index (χ2n) is 5.08. The lowest BCUT2D eigenvalue weighted by atomic mass is 10.1. The number of halogens is 1. The number of H-pyrrole nitrogens is 1. The van der Waals surface area contributed by atoms with E-state index in [2.05, 4.69) is 22.1 Å². The number of aromatic amines is 1. The van der Waals surface area contributed by atoms with Crippen LogP contribution in [0.5, 0.6) is 0 Å². The van der Waals surface area contributed by atoms with Gasteiger partial charge in [0.1, 0.15) is 5.82 Å². The maximum absolute atomic E-state index is 11.0. The Hall–Kier alpha value is -0.620. The van der Waals surface area contributed by atoms with Gasteiger partial charge in [-0.3, -0.25) is 5.10 Å². The number of nitrogens with zero attached hydrogens (tertiary/aromatic N) is 2. The molecule has 20 heavy (non-hydrogen) atoms. The van der Waals surface area contributed by atoms with Crippen LogP contribution in [0.3, 0.4) is 0 Å². The second-order valence-corrected chi connectivity index (χ2v) is 7.54. The van der Waals surface area contributed by atoms with Crippen LogP contribution in [0.2, 0.25) is 0 Å². The summed E-state index contributed by atoms with van der Waals surface area (Å²) in [5.41, 5.74) is 0. The van der Waals surface area contributed by atoms with Gasteiger partial charge in [0.05, 0.1) is 0 Å².